The Morgan fingerprint density at radius 3 is 2.94 bits per heavy atom. The van der Waals surface area contributed by atoms with E-state index in [0.717, 1.165) is 18.2 Å². The van der Waals surface area contributed by atoms with Gasteiger partial charge in [-0.1, -0.05) is 25.7 Å². The minimum absolute atomic E-state index is 0.278. The van der Waals surface area contributed by atoms with E-state index in [2.05, 4.69) is 5.32 Å². The van der Waals surface area contributed by atoms with E-state index in [9.17, 15) is 5.11 Å². The summed E-state index contributed by atoms with van der Waals surface area (Å²) < 4.78 is 5.59. The molecule has 1 fully saturated rings. The first-order valence-electron chi connectivity index (χ1n) is 7.02. The molecule has 0 spiro atoms. The van der Waals surface area contributed by atoms with Crippen LogP contribution in [0.1, 0.15) is 43.7 Å². The van der Waals surface area contributed by atoms with Crippen LogP contribution in [0.25, 0.3) is 0 Å². The van der Waals surface area contributed by atoms with E-state index in [4.69, 9.17) is 4.74 Å². The van der Waals surface area contributed by atoms with Gasteiger partial charge in [0.05, 0.1) is 6.04 Å². The molecule has 2 N–H and O–H groups in total. The van der Waals surface area contributed by atoms with Crippen molar-refractivity contribution in [2.45, 2.75) is 38.1 Å². The zero-order valence-electron chi connectivity index (χ0n) is 10.7. The third-order valence-corrected chi connectivity index (χ3v) is 4.20. The highest BCUT2D eigenvalue weighted by Gasteiger charge is 2.24. The lowest BCUT2D eigenvalue weighted by molar-refractivity contribution is 0.306. The number of ether oxygens (including phenoxy) is 1. The van der Waals surface area contributed by atoms with Gasteiger partial charge in [-0.2, -0.15) is 0 Å². The predicted molar refractivity (Wildman–Crippen MR) is 70.9 cm³/mol. The lowest BCUT2D eigenvalue weighted by atomic mass is 10.0. The van der Waals surface area contributed by atoms with E-state index < -0.39 is 0 Å². The van der Waals surface area contributed by atoms with Crippen LogP contribution in [-0.4, -0.2) is 18.3 Å². The fraction of sp³-hybridized carbons (Fsp3) is 0.600. The largest absolute Gasteiger partial charge is 0.508 e. The predicted octanol–water partition coefficient (Wildman–Crippen LogP) is 3.00. The quantitative estimate of drug-likeness (QED) is 0.859. The molecule has 0 radical (unpaired) electrons. The second kappa shape index (κ2) is 5.19. The first-order valence-corrected chi connectivity index (χ1v) is 7.02. The lowest BCUT2D eigenvalue weighted by Crippen LogP contribution is -2.24. The monoisotopic (exact) mass is 247 g/mol. The van der Waals surface area contributed by atoms with Crippen LogP contribution in [0.2, 0.25) is 0 Å². The average Bonchev–Trinajstić information content (AvgIpc) is 2.99. The van der Waals surface area contributed by atoms with Gasteiger partial charge in [-0.25, -0.2) is 0 Å². The van der Waals surface area contributed by atoms with Gasteiger partial charge in [-0.3, -0.25) is 0 Å². The van der Waals surface area contributed by atoms with E-state index in [0.29, 0.717) is 12.6 Å². The van der Waals surface area contributed by atoms with E-state index in [1.54, 1.807) is 12.1 Å². The molecule has 98 valence electrons. The maximum absolute atomic E-state index is 9.40. The summed E-state index contributed by atoms with van der Waals surface area (Å²) >= 11 is 0. The molecule has 0 saturated heterocycles. The van der Waals surface area contributed by atoms with Gasteiger partial charge in [0.2, 0.25) is 0 Å². The minimum Gasteiger partial charge on any atom is -0.508 e. The maximum atomic E-state index is 9.40. The van der Waals surface area contributed by atoms with Gasteiger partial charge in [0.1, 0.15) is 18.1 Å². The molecular weight excluding hydrogens is 226 g/mol. The number of hydrogen-bond donors (Lipinski definition) is 2. The molecule has 0 aromatic heterocycles. The number of fused-ring (bicyclic) bond motifs is 1. The van der Waals surface area contributed by atoms with Crippen LogP contribution >= 0.6 is 0 Å². The highest BCUT2D eigenvalue weighted by molar-refractivity contribution is 5.44. The summed E-state index contributed by atoms with van der Waals surface area (Å²) in [6.45, 7) is 1.75. The molecule has 3 nitrogen and oxygen atoms in total. The standard InChI is InChI=1S/C15H21NO2/c17-12-5-6-13-14(10-18-15(13)9-12)16-8-7-11-3-1-2-4-11/h5-6,9,11,14,16-17H,1-4,7-8,10H2. The number of nitrogens with one attached hydrogen (secondary N) is 1. The molecule has 1 aromatic rings. The molecule has 1 saturated carbocycles. The van der Waals surface area contributed by atoms with E-state index in [1.165, 1.54) is 37.7 Å². The Morgan fingerprint density at radius 2 is 2.11 bits per heavy atom. The highest BCUT2D eigenvalue weighted by atomic mass is 16.5. The average molecular weight is 247 g/mol. The van der Waals surface area contributed by atoms with Crippen molar-refractivity contribution in [3.8, 4) is 11.5 Å². The number of aromatic hydroxyl groups is 1. The molecule has 1 unspecified atom stereocenters. The molecule has 3 rings (SSSR count). The van der Waals surface area contributed by atoms with Crippen LogP contribution in [0.15, 0.2) is 18.2 Å². The Kier molecular flexibility index (Phi) is 3.41. The van der Waals surface area contributed by atoms with Crippen molar-refractivity contribution in [1.29, 1.82) is 0 Å². The van der Waals surface area contributed by atoms with Crippen LogP contribution in [0.5, 0.6) is 11.5 Å². The Balaban J connectivity index is 1.53. The van der Waals surface area contributed by atoms with Gasteiger partial charge in [-0.05, 0) is 31.0 Å². The summed E-state index contributed by atoms with van der Waals surface area (Å²) in [7, 11) is 0. The number of hydrogen-bond acceptors (Lipinski definition) is 3. The summed E-state index contributed by atoms with van der Waals surface area (Å²) in [5, 5.41) is 13.0. The Labute approximate surface area is 108 Å². The summed E-state index contributed by atoms with van der Waals surface area (Å²) in [4.78, 5) is 0. The first-order chi connectivity index (χ1) is 8.83. The zero-order chi connectivity index (χ0) is 12.4. The topological polar surface area (TPSA) is 41.5 Å². The molecule has 1 aliphatic carbocycles. The molecule has 1 heterocycles. The van der Waals surface area contributed by atoms with Crippen molar-refractivity contribution in [1.82, 2.24) is 5.32 Å². The van der Waals surface area contributed by atoms with Crippen molar-refractivity contribution in [3.63, 3.8) is 0 Å². The second-order valence-corrected chi connectivity index (χ2v) is 5.48. The maximum Gasteiger partial charge on any atom is 0.127 e. The molecule has 0 bridgehead atoms. The van der Waals surface area contributed by atoms with Crippen LogP contribution in [0.3, 0.4) is 0 Å². The van der Waals surface area contributed by atoms with Gasteiger partial charge in [0.25, 0.3) is 0 Å². The number of phenolic OH excluding ortho intramolecular Hbond substituents is 1. The van der Waals surface area contributed by atoms with Gasteiger partial charge in [0.15, 0.2) is 0 Å². The summed E-state index contributed by atoms with van der Waals surface area (Å²) in [5.41, 5.74) is 1.18. The SMILES string of the molecule is Oc1ccc2c(c1)OCC2NCCC1CCCC1. The fourth-order valence-electron chi connectivity index (χ4n) is 3.13. The summed E-state index contributed by atoms with van der Waals surface area (Å²) in [6, 6.07) is 5.69. The first kappa shape index (κ1) is 11.8. The third-order valence-electron chi connectivity index (χ3n) is 4.20. The molecule has 1 aromatic carbocycles. The Bertz CT molecular complexity index is 413. The smallest absolute Gasteiger partial charge is 0.127 e. The van der Waals surface area contributed by atoms with Gasteiger partial charge >= 0.3 is 0 Å². The van der Waals surface area contributed by atoms with Crippen molar-refractivity contribution in [2.75, 3.05) is 13.2 Å². The molecule has 1 atom stereocenters. The number of rotatable bonds is 4. The summed E-state index contributed by atoms with van der Waals surface area (Å²) in [6.07, 6.45) is 6.93. The Morgan fingerprint density at radius 1 is 1.28 bits per heavy atom. The van der Waals surface area contributed by atoms with Crippen LogP contribution < -0.4 is 10.1 Å². The molecule has 2 aliphatic rings. The van der Waals surface area contributed by atoms with Crippen molar-refractivity contribution >= 4 is 0 Å². The van der Waals surface area contributed by atoms with Gasteiger partial charge in [0, 0.05) is 11.6 Å². The normalized spacial score (nSPS) is 23.0. The van der Waals surface area contributed by atoms with Crippen LogP contribution in [-0.2, 0) is 0 Å². The van der Waals surface area contributed by atoms with E-state index in [-0.39, 0.29) is 5.75 Å². The van der Waals surface area contributed by atoms with E-state index in [1.807, 2.05) is 6.07 Å². The molecule has 3 heteroatoms. The van der Waals surface area contributed by atoms with Gasteiger partial charge < -0.3 is 15.2 Å². The van der Waals surface area contributed by atoms with Gasteiger partial charge in [-0.15, -0.1) is 0 Å². The Hall–Kier alpha value is -1.22. The number of benzene rings is 1. The molecule has 0 amide bonds. The summed E-state index contributed by atoms with van der Waals surface area (Å²) in [5.74, 6) is 2.04. The van der Waals surface area contributed by atoms with Crippen LogP contribution in [0.4, 0.5) is 0 Å². The second-order valence-electron chi connectivity index (χ2n) is 5.48. The lowest BCUT2D eigenvalue weighted by Gasteiger charge is -2.14. The fourth-order valence-corrected chi connectivity index (χ4v) is 3.13. The van der Waals surface area contributed by atoms with E-state index >= 15 is 0 Å². The van der Waals surface area contributed by atoms with Crippen LogP contribution in [0, 0.1) is 5.92 Å². The zero-order valence-corrected chi connectivity index (χ0v) is 10.7. The third kappa shape index (κ3) is 2.46. The molecule has 18 heavy (non-hydrogen) atoms. The van der Waals surface area contributed by atoms with Crippen molar-refractivity contribution < 1.29 is 9.84 Å². The number of phenols is 1. The van der Waals surface area contributed by atoms with Crippen molar-refractivity contribution in [3.05, 3.63) is 23.8 Å². The van der Waals surface area contributed by atoms with Crippen molar-refractivity contribution in [2.24, 2.45) is 5.92 Å². The molecule has 1 aliphatic heterocycles. The highest BCUT2D eigenvalue weighted by Crippen LogP contribution is 2.35. The minimum atomic E-state index is 0.278. The molecular formula is C15H21NO2.